The molecule has 0 radical (unpaired) electrons. The molecule has 0 saturated heterocycles. The van der Waals surface area contributed by atoms with Crippen LogP contribution in [-0.2, 0) is 6.42 Å². The second kappa shape index (κ2) is 7.78. The van der Waals surface area contributed by atoms with Gasteiger partial charge in [-0.1, -0.05) is 26.5 Å². The lowest BCUT2D eigenvalue weighted by atomic mass is 9.92. The van der Waals surface area contributed by atoms with Gasteiger partial charge in [-0.2, -0.15) is 0 Å². The van der Waals surface area contributed by atoms with Crippen molar-refractivity contribution in [2.45, 2.75) is 33.2 Å². The molecule has 0 amide bonds. The Labute approximate surface area is 159 Å². The van der Waals surface area contributed by atoms with Crippen molar-refractivity contribution in [2.24, 2.45) is 5.92 Å². The molecule has 1 aromatic carbocycles. The molecular formula is C21H26FN5. The Morgan fingerprint density at radius 1 is 1.22 bits per heavy atom. The topological polar surface area (TPSA) is 61.9 Å². The van der Waals surface area contributed by atoms with Crippen molar-refractivity contribution in [3.63, 3.8) is 0 Å². The molecule has 3 rings (SSSR count). The van der Waals surface area contributed by atoms with E-state index in [1.54, 1.807) is 25.5 Å². The molecule has 142 valence electrons. The van der Waals surface area contributed by atoms with Gasteiger partial charge in [0.05, 0.1) is 29.9 Å². The van der Waals surface area contributed by atoms with Gasteiger partial charge in [-0.25, -0.2) is 14.4 Å². The number of allylic oxidation sites excluding steroid dienone is 1. The number of fused-ring (bicyclic) bond motifs is 1. The predicted molar refractivity (Wildman–Crippen MR) is 109 cm³/mol. The summed E-state index contributed by atoms with van der Waals surface area (Å²) >= 11 is 0. The number of hydrogen-bond donors (Lipinski definition) is 3. The normalized spacial score (nSPS) is 14.1. The van der Waals surface area contributed by atoms with Crippen molar-refractivity contribution in [2.75, 3.05) is 17.7 Å². The van der Waals surface area contributed by atoms with Crippen LogP contribution in [0.25, 0.3) is 5.57 Å². The van der Waals surface area contributed by atoms with Gasteiger partial charge < -0.3 is 16.0 Å². The highest BCUT2D eigenvalue weighted by Crippen LogP contribution is 2.36. The van der Waals surface area contributed by atoms with Gasteiger partial charge in [-0.05, 0) is 53.7 Å². The number of halogens is 1. The molecule has 1 aliphatic carbocycles. The van der Waals surface area contributed by atoms with Crippen molar-refractivity contribution < 1.29 is 4.39 Å². The fourth-order valence-electron chi connectivity index (χ4n) is 3.48. The smallest absolute Gasteiger partial charge is 0.222 e. The molecule has 0 saturated carbocycles. The van der Waals surface area contributed by atoms with Crippen molar-refractivity contribution in [3.8, 4) is 0 Å². The van der Waals surface area contributed by atoms with Crippen LogP contribution in [0.5, 0.6) is 0 Å². The third-order valence-corrected chi connectivity index (χ3v) is 4.88. The van der Waals surface area contributed by atoms with E-state index in [9.17, 15) is 4.39 Å². The lowest BCUT2D eigenvalue weighted by Gasteiger charge is -2.27. The predicted octanol–water partition coefficient (Wildman–Crippen LogP) is 4.18. The highest BCUT2D eigenvalue weighted by atomic mass is 19.1. The average molecular weight is 367 g/mol. The molecule has 0 bridgehead atoms. The first-order valence-electron chi connectivity index (χ1n) is 9.09. The minimum absolute atomic E-state index is 0.0953. The summed E-state index contributed by atoms with van der Waals surface area (Å²) in [5.74, 6) is 1.39. The summed E-state index contributed by atoms with van der Waals surface area (Å²) in [4.78, 5) is 8.38. The quantitative estimate of drug-likeness (QED) is 0.685. The zero-order valence-corrected chi connectivity index (χ0v) is 16.2. The van der Waals surface area contributed by atoms with Crippen molar-refractivity contribution in [1.29, 1.82) is 0 Å². The van der Waals surface area contributed by atoms with Gasteiger partial charge in [0, 0.05) is 7.05 Å². The Morgan fingerprint density at radius 3 is 2.56 bits per heavy atom. The molecule has 1 heterocycles. The summed E-state index contributed by atoms with van der Waals surface area (Å²) in [6, 6.07) is 5.13. The van der Waals surface area contributed by atoms with Gasteiger partial charge >= 0.3 is 0 Å². The maximum Gasteiger partial charge on any atom is 0.222 e. The number of benzene rings is 1. The van der Waals surface area contributed by atoms with Crippen LogP contribution >= 0.6 is 0 Å². The minimum Gasteiger partial charge on any atom is -0.365 e. The molecule has 3 N–H and O–H groups in total. The van der Waals surface area contributed by atoms with E-state index in [1.807, 2.05) is 6.07 Å². The average Bonchev–Trinajstić information content (AvgIpc) is 2.96. The largest absolute Gasteiger partial charge is 0.365 e. The molecule has 1 aliphatic rings. The van der Waals surface area contributed by atoms with E-state index in [2.05, 4.69) is 53.3 Å². The fraction of sp³-hybridized carbons (Fsp3) is 0.333. The van der Waals surface area contributed by atoms with Gasteiger partial charge in [0.2, 0.25) is 5.95 Å². The Balaban J connectivity index is 1.75. The summed E-state index contributed by atoms with van der Waals surface area (Å²) in [7, 11) is 1.78. The van der Waals surface area contributed by atoms with Crippen molar-refractivity contribution in [1.82, 2.24) is 15.3 Å². The van der Waals surface area contributed by atoms with E-state index in [0.717, 1.165) is 23.2 Å². The van der Waals surface area contributed by atoms with Crippen molar-refractivity contribution in [3.05, 3.63) is 65.5 Å². The molecule has 27 heavy (non-hydrogen) atoms. The Kier molecular flexibility index (Phi) is 5.44. The summed E-state index contributed by atoms with van der Waals surface area (Å²) < 4.78 is 13.6. The third-order valence-electron chi connectivity index (χ3n) is 4.88. The number of hydrogen-bond acceptors (Lipinski definition) is 5. The van der Waals surface area contributed by atoms with Gasteiger partial charge in [0.15, 0.2) is 0 Å². The summed E-state index contributed by atoms with van der Waals surface area (Å²) in [5, 5.41) is 9.58. The molecule has 0 fully saturated rings. The minimum atomic E-state index is -0.195. The highest BCUT2D eigenvalue weighted by molar-refractivity contribution is 5.76. The van der Waals surface area contributed by atoms with Crippen LogP contribution in [-0.4, -0.2) is 23.1 Å². The van der Waals surface area contributed by atoms with Crippen molar-refractivity contribution >= 4 is 17.2 Å². The molecule has 1 atom stereocenters. The summed E-state index contributed by atoms with van der Waals surface area (Å²) in [5.41, 5.74) is 5.36. The van der Waals surface area contributed by atoms with Gasteiger partial charge in [-0.15, -0.1) is 0 Å². The SMILES string of the molecule is C=C(Nc1cnc(NC)nc1)NC(C1=C(C)c2cc(F)ccc2C1)C(C)C. The maximum atomic E-state index is 13.6. The first kappa shape index (κ1) is 18.9. The zero-order chi connectivity index (χ0) is 19.6. The van der Waals surface area contributed by atoms with E-state index in [4.69, 9.17) is 0 Å². The van der Waals surface area contributed by atoms with Crippen LogP contribution in [0, 0.1) is 11.7 Å². The standard InChI is InChI=1S/C21H26FN5/c1-12(2)20(19-8-15-6-7-16(22)9-18(15)13(19)3)27-14(4)26-17-10-24-21(23-5)25-11-17/h6-7,9-12,20,26-27H,4,8H2,1-3,5H3,(H,23,24,25). The second-order valence-electron chi connectivity index (χ2n) is 7.14. The second-order valence-corrected chi connectivity index (χ2v) is 7.14. The monoisotopic (exact) mass is 367 g/mol. The first-order valence-corrected chi connectivity index (χ1v) is 9.09. The van der Waals surface area contributed by atoms with Crippen LogP contribution < -0.4 is 16.0 Å². The van der Waals surface area contributed by atoms with E-state index in [-0.39, 0.29) is 11.9 Å². The third kappa shape index (κ3) is 4.10. The first-order chi connectivity index (χ1) is 12.9. The van der Waals surface area contributed by atoms with E-state index >= 15 is 0 Å². The summed E-state index contributed by atoms with van der Waals surface area (Å²) in [6.07, 6.45) is 4.23. The van der Waals surface area contributed by atoms with E-state index in [0.29, 0.717) is 17.7 Å². The molecule has 0 spiro atoms. The van der Waals surface area contributed by atoms with Crippen LogP contribution in [0.15, 0.2) is 48.6 Å². The molecule has 6 heteroatoms. The van der Waals surface area contributed by atoms with E-state index < -0.39 is 0 Å². The van der Waals surface area contributed by atoms with Crippen LogP contribution in [0.1, 0.15) is 31.9 Å². The molecule has 5 nitrogen and oxygen atoms in total. The Bertz CT molecular complexity index is 871. The number of anilines is 2. The van der Waals surface area contributed by atoms with Crippen LogP contribution in [0.4, 0.5) is 16.0 Å². The molecule has 0 aliphatic heterocycles. The van der Waals surface area contributed by atoms with Crippen LogP contribution in [0.2, 0.25) is 0 Å². The zero-order valence-electron chi connectivity index (χ0n) is 16.2. The summed E-state index contributed by atoms with van der Waals surface area (Å²) in [6.45, 7) is 10.5. The molecule has 1 unspecified atom stereocenters. The Hall–Kier alpha value is -2.89. The molecule has 1 aromatic heterocycles. The van der Waals surface area contributed by atoms with Gasteiger partial charge in [-0.3, -0.25) is 0 Å². The number of rotatable bonds is 7. The van der Waals surface area contributed by atoms with Gasteiger partial charge in [0.1, 0.15) is 5.82 Å². The molecular weight excluding hydrogens is 341 g/mol. The fourth-order valence-corrected chi connectivity index (χ4v) is 3.48. The Morgan fingerprint density at radius 2 is 1.93 bits per heavy atom. The highest BCUT2D eigenvalue weighted by Gasteiger charge is 2.27. The molecule has 2 aromatic rings. The van der Waals surface area contributed by atoms with Gasteiger partial charge in [0.25, 0.3) is 0 Å². The maximum absolute atomic E-state index is 13.6. The van der Waals surface area contributed by atoms with E-state index in [1.165, 1.54) is 17.2 Å². The lowest BCUT2D eigenvalue weighted by molar-refractivity contribution is 0.479. The lowest BCUT2D eigenvalue weighted by Crippen LogP contribution is -2.37. The van der Waals surface area contributed by atoms with Crippen LogP contribution in [0.3, 0.4) is 0 Å². The number of nitrogens with zero attached hydrogens (tertiary/aromatic N) is 2. The number of aromatic nitrogens is 2. The number of nitrogens with one attached hydrogen (secondary N) is 3.